The third-order valence-electron chi connectivity index (χ3n) is 13.8. The molecule has 3 saturated carbocycles. The fraction of sp³-hybridized carbons (Fsp3) is 0.721. The van der Waals surface area contributed by atoms with Gasteiger partial charge in [-0.15, -0.1) is 0 Å². The van der Waals surface area contributed by atoms with Crippen LogP contribution in [0, 0.1) is 34.5 Å². The molecule has 5 aliphatic rings. The Bertz CT molecular complexity index is 2180. The van der Waals surface area contributed by atoms with Crippen molar-refractivity contribution in [2.75, 3.05) is 13.7 Å². The maximum Gasteiger partial charge on any atom is 0.306 e. The molecule has 0 radical (unpaired) electrons. The number of aromatic nitrogens is 2. The second-order valence-electron chi connectivity index (χ2n) is 19.2. The molecule has 2 bridgehead atoms. The number of ether oxygens (including phenoxy) is 3. The fourth-order valence-electron chi connectivity index (χ4n) is 9.31. The second kappa shape index (κ2) is 16.2. The van der Waals surface area contributed by atoms with E-state index in [2.05, 4.69) is 14.7 Å². The predicted molar refractivity (Wildman–Crippen MR) is 213 cm³/mol. The lowest BCUT2D eigenvalue weighted by molar-refractivity contribution is -0.154. The number of hydrogen-bond acceptors (Lipinski definition) is 11. The number of fused-ring (bicyclic) bond motifs is 5. The van der Waals surface area contributed by atoms with Crippen molar-refractivity contribution in [2.24, 2.45) is 34.5 Å². The highest BCUT2D eigenvalue weighted by molar-refractivity contribution is 7.91. The van der Waals surface area contributed by atoms with Gasteiger partial charge in [-0.3, -0.25) is 23.9 Å². The molecule has 1 aromatic heterocycles. The summed E-state index contributed by atoms with van der Waals surface area (Å²) in [4.78, 5) is 67.4. The molecule has 2 amide bonds. The highest BCUT2D eigenvalue weighted by Crippen LogP contribution is 2.59. The van der Waals surface area contributed by atoms with Crippen LogP contribution >= 0.6 is 0 Å². The lowest BCUT2D eigenvalue weighted by Gasteiger charge is -2.35. The van der Waals surface area contributed by atoms with Gasteiger partial charge in [0.2, 0.25) is 34.1 Å². The highest BCUT2D eigenvalue weighted by Gasteiger charge is 2.64. The van der Waals surface area contributed by atoms with E-state index in [9.17, 15) is 36.4 Å². The summed E-state index contributed by atoms with van der Waals surface area (Å²) in [5, 5.41) is 0. The molecular formula is C43H56F4N4O9S. The molecular weight excluding hydrogens is 825 g/mol. The second-order valence-corrected chi connectivity index (χ2v) is 21.4. The number of sulfonamides is 1. The molecule has 7 rings (SSSR count). The maximum atomic E-state index is 16.4. The molecule has 4 fully saturated rings. The van der Waals surface area contributed by atoms with Gasteiger partial charge in [-0.05, 0) is 81.3 Å². The number of benzene rings is 1. The van der Waals surface area contributed by atoms with Crippen molar-refractivity contribution in [3.8, 4) is 11.6 Å². The number of hydrogen-bond donors (Lipinski definition) is 1. The van der Waals surface area contributed by atoms with E-state index in [1.807, 2.05) is 0 Å². The van der Waals surface area contributed by atoms with E-state index < -0.39 is 128 Å². The third-order valence-corrected chi connectivity index (χ3v) is 15.9. The quantitative estimate of drug-likeness (QED) is 0.195. The molecule has 336 valence electrons. The van der Waals surface area contributed by atoms with Crippen molar-refractivity contribution >= 4 is 44.6 Å². The average molecular weight is 881 g/mol. The van der Waals surface area contributed by atoms with Gasteiger partial charge in [0.1, 0.15) is 18.0 Å². The SMILES string of the molecule is CC[C@@H]1[C@@H]2CN(C(=O)[C@H](C(C)(C)C)CC(=O)O[C@@H]3C[C@H]3CCCCC(F)(F)c3nc4ccc(OC)cc4nc3O2)[C@@H]1C(=O)C[C@]1(C(=O)NS(=O)(=O)C2(C)CC2)C[C@H]1CC(F)F. The van der Waals surface area contributed by atoms with Crippen LogP contribution in [0.2, 0.25) is 0 Å². The van der Waals surface area contributed by atoms with E-state index in [0.29, 0.717) is 37.9 Å². The lowest BCUT2D eigenvalue weighted by atomic mass is 9.77. The minimum atomic E-state index is -4.21. The number of ketones is 1. The van der Waals surface area contributed by atoms with Gasteiger partial charge in [0, 0.05) is 31.2 Å². The Balaban J connectivity index is 1.30. The summed E-state index contributed by atoms with van der Waals surface area (Å²) in [6.07, 6.45) is -4.51. The normalized spacial score (nSPS) is 31.2. The van der Waals surface area contributed by atoms with Gasteiger partial charge >= 0.3 is 5.97 Å². The number of carbonyl (C=O) groups is 4. The van der Waals surface area contributed by atoms with Crippen LogP contribution in [0.1, 0.15) is 117 Å². The van der Waals surface area contributed by atoms with Crippen molar-refractivity contribution in [3.63, 3.8) is 0 Å². The number of nitrogens with zero attached hydrogens (tertiary/aromatic N) is 3. The van der Waals surface area contributed by atoms with Gasteiger partial charge in [0.25, 0.3) is 5.92 Å². The molecule has 0 unspecified atom stereocenters. The topological polar surface area (TPSA) is 171 Å². The number of nitrogens with one attached hydrogen (secondary N) is 1. The largest absolute Gasteiger partial charge is 0.497 e. The first-order valence-corrected chi connectivity index (χ1v) is 22.8. The minimum Gasteiger partial charge on any atom is -0.497 e. The van der Waals surface area contributed by atoms with Gasteiger partial charge in [-0.25, -0.2) is 27.2 Å². The molecule has 18 heteroatoms. The van der Waals surface area contributed by atoms with Crippen LogP contribution in [0.25, 0.3) is 11.0 Å². The molecule has 1 aromatic carbocycles. The van der Waals surface area contributed by atoms with Crippen molar-refractivity contribution in [3.05, 3.63) is 23.9 Å². The Hall–Kier alpha value is -4.09. The van der Waals surface area contributed by atoms with E-state index in [-0.39, 0.29) is 49.2 Å². The van der Waals surface area contributed by atoms with E-state index in [1.54, 1.807) is 33.8 Å². The van der Waals surface area contributed by atoms with Gasteiger partial charge in [0.15, 0.2) is 11.5 Å². The summed E-state index contributed by atoms with van der Waals surface area (Å²) in [5.74, 6) is -9.64. The number of carbonyl (C=O) groups excluding carboxylic acids is 4. The minimum absolute atomic E-state index is 0.0100. The Labute approximate surface area is 353 Å². The molecule has 61 heavy (non-hydrogen) atoms. The number of amides is 2. The summed E-state index contributed by atoms with van der Waals surface area (Å²) in [6, 6.07) is 3.21. The van der Waals surface area contributed by atoms with Crippen LogP contribution in [0.15, 0.2) is 18.2 Å². The fourth-order valence-corrected chi connectivity index (χ4v) is 10.6. The standard InChI is InChI=1S/C43H56F4N4O9S/c1-7-26-32-22-51(35(26)30(52)21-42(20-24(42)17-33(44)45)39(55)50-61(56,57)41(5)14-15-41)38(54)27(40(2,3)4)19-34(53)59-31-16-23(31)10-8-9-13-43(46,47)36-37(60-32)49-29-18-25(58-6)11-12-28(29)48-36/h11-12,18,23-24,26-27,31-33,35H,7-10,13-17,19-22H2,1-6H3,(H,50,55)/t23-,24-,26-,27-,31-,32+,35+,42-/m1/s1. The zero-order valence-electron chi connectivity index (χ0n) is 35.5. The molecule has 1 N–H and O–H groups in total. The Morgan fingerprint density at radius 3 is 2.41 bits per heavy atom. The van der Waals surface area contributed by atoms with Gasteiger partial charge in [0.05, 0.1) is 53.2 Å². The maximum absolute atomic E-state index is 16.4. The zero-order chi connectivity index (χ0) is 44.4. The van der Waals surface area contributed by atoms with E-state index >= 15 is 8.78 Å². The molecule has 2 aliphatic heterocycles. The summed E-state index contributed by atoms with van der Waals surface area (Å²) < 4.78 is 105. The molecule has 8 atom stereocenters. The summed E-state index contributed by atoms with van der Waals surface area (Å²) in [7, 11) is -2.77. The van der Waals surface area contributed by atoms with Crippen LogP contribution in [-0.2, 0) is 39.9 Å². The van der Waals surface area contributed by atoms with Crippen LogP contribution < -0.4 is 14.2 Å². The van der Waals surface area contributed by atoms with Crippen molar-refractivity contribution in [1.29, 1.82) is 0 Å². The molecule has 3 heterocycles. The number of halogens is 4. The Kier molecular flexibility index (Phi) is 12.0. The van der Waals surface area contributed by atoms with Gasteiger partial charge in [-0.1, -0.05) is 34.1 Å². The van der Waals surface area contributed by atoms with Crippen LogP contribution in [0.5, 0.6) is 11.6 Å². The van der Waals surface area contributed by atoms with Crippen molar-refractivity contribution in [2.45, 2.75) is 147 Å². The van der Waals surface area contributed by atoms with E-state index in [4.69, 9.17) is 14.2 Å². The monoisotopic (exact) mass is 880 g/mol. The molecule has 0 spiro atoms. The first-order chi connectivity index (χ1) is 28.5. The lowest BCUT2D eigenvalue weighted by Crippen LogP contribution is -2.50. The van der Waals surface area contributed by atoms with E-state index in [0.717, 1.165) is 0 Å². The van der Waals surface area contributed by atoms with Crippen molar-refractivity contribution < 1.29 is 59.4 Å². The first-order valence-electron chi connectivity index (χ1n) is 21.3. The van der Waals surface area contributed by atoms with Crippen LogP contribution in [0.4, 0.5) is 17.6 Å². The Morgan fingerprint density at radius 2 is 1.77 bits per heavy atom. The average Bonchev–Trinajstić information content (AvgIpc) is 4.14. The molecule has 13 nitrogen and oxygen atoms in total. The smallest absolute Gasteiger partial charge is 0.306 e. The number of alkyl halides is 4. The van der Waals surface area contributed by atoms with Crippen LogP contribution in [-0.4, -0.2) is 89.9 Å². The number of esters is 1. The third kappa shape index (κ3) is 9.06. The van der Waals surface area contributed by atoms with Gasteiger partial charge in [-0.2, -0.15) is 8.78 Å². The number of methoxy groups -OCH3 is 1. The molecule has 2 aromatic rings. The summed E-state index contributed by atoms with van der Waals surface area (Å²) in [5.41, 5.74) is -3.03. The van der Waals surface area contributed by atoms with E-state index in [1.165, 1.54) is 31.1 Å². The summed E-state index contributed by atoms with van der Waals surface area (Å²) >= 11 is 0. The van der Waals surface area contributed by atoms with Crippen LogP contribution in [0.3, 0.4) is 0 Å². The zero-order valence-corrected chi connectivity index (χ0v) is 36.3. The summed E-state index contributed by atoms with van der Waals surface area (Å²) in [6.45, 7) is 8.14. The first kappa shape index (κ1) is 44.9. The van der Waals surface area contributed by atoms with Crippen molar-refractivity contribution in [1.82, 2.24) is 19.6 Å². The molecule has 1 saturated heterocycles. The number of rotatable bonds is 10. The Morgan fingerprint density at radius 1 is 1.05 bits per heavy atom. The van der Waals surface area contributed by atoms with Gasteiger partial charge < -0.3 is 19.1 Å². The number of Topliss-reactive ketones (excluding diaryl/α,β-unsaturated/α-hetero) is 1. The predicted octanol–water partition coefficient (Wildman–Crippen LogP) is 6.89. The highest BCUT2D eigenvalue weighted by atomic mass is 32.2. The molecule has 3 aliphatic carbocycles.